The molecule has 0 radical (unpaired) electrons. The Morgan fingerprint density at radius 2 is 1.85 bits per heavy atom. The van der Waals surface area contributed by atoms with Crippen molar-refractivity contribution in [1.29, 1.82) is 0 Å². The molecule has 1 fully saturated rings. The summed E-state index contributed by atoms with van der Waals surface area (Å²) >= 11 is 0. The number of likely N-dealkylation sites (tertiary alicyclic amines) is 1. The monoisotopic (exact) mass is 448 g/mol. The lowest BCUT2D eigenvalue weighted by Crippen LogP contribution is -2.36. The number of rotatable bonds is 4. The highest BCUT2D eigenvalue weighted by Crippen LogP contribution is 2.36. The highest BCUT2D eigenvalue weighted by Gasteiger charge is 2.35. The lowest BCUT2D eigenvalue weighted by atomic mass is 9.86. The Kier molecular flexibility index (Phi) is 5.32. The third kappa shape index (κ3) is 4.30. The maximum Gasteiger partial charge on any atom is 0.251 e. The zero-order valence-electron chi connectivity index (χ0n) is 19.3. The number of likely N-dealkylation sites (N-methyl/N-ethyl adjacent to an activating group) is 1. The van der Waals surface area contributed by atoms with E-state index in [1.807, 2.05) is 49.5 Å². The van der Waals surface area contributed by atoms with E-state index in [0.29, 0.717) is 41.7 Å². The van der Waals surface area contributed by atoms with E-state index in [0.717, 1.165) is 5.56 Å². The highest BCUT2D eigenvalue weighted by atomic mass is 16.7. The van der Waals surface area contributed by atoms with Gasteiger partial charge in [-0.25, -0.2) is 0 Å². The third-order valence-electron chi connectivity index (χ3n) is 6.25. The van der Waals surface area contributed by atoms with E-state index in [-0.39, 0.29) is 30.2 Å². The van der Waals surface area contributed by atoms with E-state index in [1.54, 1.807) is 0 Å². The van der Waals surface area contributed by atoms with Gasteiger partial charge >= 0.3 is 0 Å². The van der Waals surface area contributed by atoms with Gasteiger partial charge in [0.1, 0.15) is 0 Å². The number of carbonyl (C=O) groups is 1. The molecule has 1 saturated heterocycles. The number of fused-ring (bicyclic) bond motifs is 1. The largest absolute Gasteiger partial charge is 0.454 e. The predicted octanol–water partition coefficient (Wildman–Crippen LogP) is 3.94. The van der Waals surface area contributed by atoms with Crippen molar-refractivity contribution in [3.05, 3.63) is 59.5 Å². The van der Waals surface area contributed by atoms with Gasteiger partial charge in [0.2, 0.25) is 18.5 Å². The average Bonchev–Trinajstić information content (AvgIpc) is 3.52. The number of amides is 1. The number of hydrogen-bond donors (Lipinski definition) is 1. The molecule has 33 heavy (non-hydrogen) atoms. The number of nitrogens with one attached hydrogen (secondary N) is 1. The van der Waals surface area contributed by atoms with E-state index in [1.165, 1.54) is 5.56 Å². The normalized spacial score (nSPS) is 20.2. The number of nitrogens with zero attached hydrogens (tertiary/aromatic N) is 3. The Morgan fingerprint density at radius 3 is 2.61 bits per heavy atom. The first-order valence-electron chi connectivity index (χ1n) is 11.1. The predicted molar refractivity (Wildman–Crippen MR) is 122 cm³/mol. The molecule has 0 spiro atoms. The van der Waals surface area contributed by atoms with Crippen molar-refractivity contribution in [2.24, 2.45) is 0 Å². The van der Waals surface area contributed by atoms with Crippen LogP contribution >= 0.6 is 0 Å². The van der Waals surface area contributed by atoms with Crippen LogP contribution in [-0.4, -0.2) is 47.4 Å². The molecule has 2 aliphatic rings. The Labute approximate surface area is 192 Å². The van der Waals surface area contributed by atoms with E-state index >= 15 is 0 Å². The summed E-state index contributed by atoms with van der Waals surface area (Å²) in [6, 6.07) is 13.3. The van der Waals surface area contributed by atoms with Crippen LogP contribution in [-0.2, 0) is 5.41 Å². The molecule has 2 aromatic carbocycles. The van der Waals surface area contributed by atoms with Crippen LogP contribution < -0.4 is 14.8 Å². The second-order valence-electron chi connectivity index (χ2n) is 9.71. The van der Waals surface area contributed by atoms with Gasteiger partial charge in [0.15, 0.2) is 11.5 Å². The summed E-state index contributed by atoms with van der Waals surface area (Å²) in [6.45, 7) is 7.40. The second kappa shape index (κ2) is 8.19. The highest BCUT2D eigenvalue weighted by molar-refractivity contribution is 5.94. The maximum atomic E-state index is 12.8. The fraction of sp³-hybridized carbons (Fsp3) is 0.400. The van der Waals surface area contributed by atoms with Crippen molar-refractivity contribution in [2.45, 2.75) is 44.7 Å². The van der Waals surface area contributed by atoms with Gasteiger partial charge < -0.3 is 19.3 Å². The molecule has 0 aliphatic carbocycles. The molecule has 1 aromatic heterocycles. The van der Waals surface area contributed by atoms with Crippen molar-refractivity contribution in [3.63, 3.8) is 0 Å². The summed E-state index contributed by atoms with van der Waals surface area (Å²) in [7, 11) is 2.00. The van der Waals surface area contributed by atoms with E-state index in [4.69, 9.17) is 14.0 Å². The molecule has 5 rings (SSSR count). The fourth-order valence-corrected chi connectivity index (χ4v) is 4.31. The van der Waals surface area contributed by atoms with Crippen LogP contribution in [0.25, 0.3) is 11.4 Å². The molecule has 0 bridgehead atoms. The number of carbonyl (C=O) groups excluding carboxylic acids is 1. The summed E-state index contributed by atoms with van der Waals surface area (Å²) in [5.74, 6) is 2.36. The standard InChI is InChI=1S/C25H28N4O4/c1-25(2,3)17-8-5-15(6-9-17)23(30)26-18-12-19(29(4)13-18)24-27-22(28-33-24)16-7-10-20-21(11-16)32-14-31-20/h5-11,18-19H,12-14H2,1-4H3,(H,26,30)/t18-,19+/m1/s1. The van der Waals surface area contributed by atoms with Crippen LogP contribution in [0.1, 0.15) is 55.0 Å². The number of ether oxygens (including phenoxy) is 2. The SMILES string of the molecule is CN1C[C@H](NC(=O)c2ccc(C(C)(C)C)cc2)C[C@H]1c1nc(-c2ccc3c(c2)OCO3)no1. The van der Waals surface area contributed by atoms with Crippen LogP contribution in [0.2, 0.25) is 0 Å². The summed E-state index contributed by atoms with van der Waals surface area (Å²) < 4.78 is 16.4. The number of benzene rings is 2. The van der Waals surface area contributed by atoms with E-state index < -0.39 is 0 Å². The van der Waals surface area contributed by atoms with E-state index in [9.17, 15) is 4.79 Å². The zero-order chi connectivity index (χ0) is 23.2. The molecule has 8 heteroatoms. The van der Waals surface area contributed by atoms with Crippen LogP contribution in [0, 0.1) is 0 Å². The summed E-state index contributed by atoms with van der Waals surface area (Å²) in [5, 5.41) is 7.31. The second-order valence-corrected chi connectivity index (χ2v) is 9.71. The molecule has 8 nitrogen and oxygen atoms in total. The fourth-order valence-electron chi connectivity index (χ4n) is 4.31. The molecule has 2 aliphatic heterocycles. The van der Waals surface area contributed by atoms with Crippen molar-refractivity contribution in [3.8, 4) is 22.9 Å². The Balaban J connectivity index is 1.24. The van der Waals surface area contributed by atoms with Gasteiger partial charge in [0.25, 0.3) is 5.91 Å². The Hall–Kier alpha value is -3.39. The minimum atomic E-state index is -0.0684. The molecule has 0 saturated carbocycles. The maximum absolute atomic E-state index is 12.8. The molecule has 1 N–H and O–H groups in total. The summed E-state index contributed by atoms with van der Waals surface area (Å²) in [5.41, 5.74) is 2.73. The lowest BCUT2D eigenvalue weighted by Gasteiger charge is -2.19. The van der Waals surface area contributed by atoms with Crippen LogP contribution in [0.4, 0.5) is 0 Å². The summed E-state index contributed by atoms with van der Waals surface area (Å²) in [4.78, 5) is 19.5. The Bertz CT molecular complexity index is 1170. The van der Waals surface area contributed by atoms with Crippen LogP contribution in [0.3, 0.4) is 0 Å². The van der Waals surface area contributed by atoms with Gasteiger partial charge in [0.05, 0.1) is 6.04 Å². The summed E-state index contributed by atoms with van der Waals surface area (Å²) in [6.07, 6.45) is 0.699. The van der Waals surface area contributed by atoms with Gasteiger partial charge in [-0.05, 0) is 54.8 Å². The van der Waals surface area contributed by atoms with E-state index in [2.05, 4.69) is 41.1 Å². The van der Waals surface area contributed by atoms with Crippen LogP contribution in [0.15, 0.2) is 47.0 Å². The molecule has 1 amide bonds. The Morgan fingerprint density at radius 1 is 1.09 bits per heavy atom. The van der Waals surface area contributed by atoms with Crippen molar-refractivity contribution >= 4 is 5.91 Å². The van der Waals surface area contributed by atoms with Crippen molar-refractivity contribution in [1.82, 2.24) is 20.4 Å². The first-order chi connectivity index (χ1) is 15.8. The van der Waals surface area contributed by atoms with Gasteiger partial charge in [-0.15, -0.1) is 0 Å². The minimum absolute atomic E-state index is 0.00399. The number of aromatic nitrogens is 2. The molecule has 0 unspecified atom stereocenters. The molecule has 2 atom stereocenters. The lowest BCUT2D eigenvalue weighted by molar-refractivity contribution is 0.0938. The quantitative estimate of drug-likeness (QED) is 0.647. The molecular weight excluding hydrogens is 420 g/mol. The molecule has 3 aromatic rings. The van der Waals surface area contributed by atoms with Gasteiger partial charge in [-0.3, -0.25) is 9.69 Å². The molecule has 3 heterocycles. The van der Waals surface area contributed by atoms with Gasteiger partial charge in [-0.2, -0.15) is 4.98 Å². The molecule has 172 valence electrons. The van der Waals surface area contributed by atoms with Crippen molar-refractivity contribution < 1.29 is 18.8 Å². The van der Waals surface area contributed by atoms with Crippen molar-refractivity contribution in [2.75, 3.05) is 20.4 Å². The van der Waals surface area contributed by atoms with Gasteiger partial charge in [0, 0.05) is 23.7 Å². The van der Waals surface area contributed by atoms with Gasteiger partial charge in [-0.1, -0.05) is 38.1 Å². The zero-order valence-corrected chi connectivity index (χ0v) is 19.3. The first kappa shape index (κ1) is 21.5. The first-order valence-corrected chi connectivity index (χ1v) is 11.1. The number of hydrogen-bond acceptors (Lipinski definition) is 7. The molecular formula is C25H28N4O4. The van der Waals surface area contributed by atoms with Crippen LogP contribution in [0.5, 0.6) is 11.5 Å². The minimum Gasteiger partial charge on any atom is -0.454 e. The average molecular weight is 449 g/mol. The topological polar surface area (TPSA) is 89.7 Å². The third-order valence-corrected chi connectivity index (χ3v) is 6.25. The smallest absolute Gasteiger partial charge is 0.251 e.